The fraction of sp³-hybridized carbons (Fsp3) is 0.875. The number of hydrogen-bond acceptors (Lipinski definition) is 4. The minimum Gasteiger partial charge on any atom is -0.479 e. The van der Waals surface area contributed by atoms with Crippen LogP contribution in [0.2, 0.25) is 0 Å². The minimum absolute atomic E-state index is 0.167. The number of aliphatic carboxylic acids is 1. The standard InChI is InChI=1S/C8H13NO5/c10-7(8(11)12)6(9(13)14)4-5-2-1-3-5/h5-7,10H,1-4H2,(H,11,12). The first kappa shape index (κ1) is 10.9. The summed E-state index contributed by atoms with van der Waals surface area (Å²) in [6.45, 7) is 0. The van der Waals surface area contributed by atoms with Crippen LogP contribution in [0.25, 0.3) is 0 Å². The van der Waals surface area contributed by atoms with Crippen molar-refractivity contribution in [2.24, 2.45) is 5.92 Å². The van der Waals surface area contributed by atoms with Crippen molar-refractivity contribution in [1.82, 2.24) is 0 Å². The average Bonchev–Trinajstić information content (AvgIpc) is 2.00. The molecule has 80 valence electrons. The normalized spacial score (nSPS) is 20.9. The summed E-state index contributed by atoms with van der Waals surface area (Å²) in [6.07, 6.45) is 1.12. The molecule has 0 aromatic carbocycles. The van der Waals surface area contributed by atoms with Crippen molar-refractivity contribution in [3.63, 3.8) is 0 Å². The molecular formula is C8H13NO5. The minimum atomic E-state index is -1.88. The number of aliphatic hydroxyl groups excluding tert-OH is 1. The lowest BCUT2D eigenvalue weighted by atomic mass is 9.80. The molecule has 2 N–H and O–H groups in total. The predicted octanol–water partition coefficient (Wildman–Crippen LogP) is 0.267. The summed E-state index contributed by atoms with van der Waals surface area (Å²) in [7, 11) is 0. The van der Waals surface area contributed by atoms with Gasteiger partial charge in [0, 0.05) is 11.3 Å². The lowest BCUT2D eigenvalue weighted by Crippen LogP contribution is -2.41. The molecular weight excluding hydrogens is 190 g/mol. The molecule has 1 fully saturated rings. The second-order valence-corrected chi connectivity index (χ2v) is 3.67. The number of carboxylic acids is 1. The van der Waals surface area contributed by atoms with Gasteiger partial charge in [-0.2, -0.15) is 0 Å². The molecule has 0 radical (unpaired) electrons. The maximum Gasteiger partial charge on any atom is 0.339 e. The SMILES string of the molecule is O=C(O)C(O)C(CC1CCC1)[N+](=O)[O-]. The maximum absolute atomic E-state index is 10.5. The first-order valence-electron chi connectivity index (χ1n) is 4.56. The van der Waals surface area contributed by atoms with Crippen molar-refractivity contribution in [3.05, 3.63) is 10.1 Å². The van der Waals surface area contributed by atoms with Gasteiger partial charge >= 0.3 is 5.97 Å². The van der Waals surface area contributed by atoms with E-state index in [0.717, 1.165) is 19.3 Å². The predicted molar refractivity (Wildman–Crippen MR) is 46.4 cm³/mol. The molecule has 6 heteroatoms. The molecule has 1 aliphatic carbocycles. The first-order chi connectivity index (χ1) is 6.52. The van der Waals surface area contributed by atoms with E-state index in [1.807, 2.05) is 0 Å². The van der Waals surface area contributed by atoms with Gasteiger partial charge in [-0.25, -0.2) is 4.79 Å². The molecule has 1 rings (SSSR count). The third-order valence-corrected chi connectivity index (χ3v) is 2.69. The van der Waals surface area contributed by atoms with Crippen molar-refractivity contribution in [2.45, 2.75) is 37.8 Å². The van der Waals surface area contributed by atoms with E-state index < -0.39 is 23.0 Å². The van der Waals surface area contributed by atoms with Crippen LogP contribution in [0, 0.1) is 16.0 Å². The van der Waals surface area contributed by atoms with Gasteiger partial charge in [-0.3, -0.25) is 10.1 Å². The van der Waals surface area contributed by atoms with E-state index in [9.17, 15) is 14.9 Å². The molecule has 14 heavy (non-hydrogen) atoms. The number of carboxylic acid groups (broad SMARTS) is 1. The Bertz CT molecular complexity index is 238. The highest BCUT2D eigenvalue weighted by atomic mass is 16.6. The van der Waals surface area contributed by atoms with Crippen LogP contribution in [0.5, 0.6) is 0 Å². The Kier molecular flexibility index (Phi) is 3.40. The number of nitro groups is 1. The Balaban J connectivity index is 2.53. The first-order valence-corrected chi connectivity index (χ1v) is 4.56. The van der Waals surface area contributed by atoms with E-state index in [1.54, 1.807) is 0 Å². The Hall–Kier alpha value is -1.17. The van der Waals surface area contributed by atoms with Gasteiger partial charge in [-0.15, -0.1) is 0 Å². The number of rotatable bonds is 5. The summed E-state index contributed by atoms with van der Waals surface area (Å²) in [5.41, 5.74) is 0. The topological polar surface area (TPSA) is 101 Å². The zero-order chi connectivity index (χ0) is 10.7. The highest BCUT2D eigenvalue weighted by Gasteiger charge is 2.38. The summed E-state index contributed by atoms with van der Waals surface area (Å²) < 4.78 is 0. The van der Waals surface area contributed by atoms with Crippen LogP contribution >= 0.6 is 0 Å². The van der Waals surface area contributed by atoms with Gasteiger partial charge in [-0.05, 0) is 5.92 Å². The highest BCUT2D eigenvalue weighted by molar-refractivity contribution is 5.72. The highest BCUT2D eigenvalue weighted by Crippen LogP contribution is 2.31. The molecule has 2 atom stereocenters. The molecule has 0 amide bonds. The molecule has 0 bridgehead atoms. The maximum atomic E-state index is 10.5. The van der Waals surface area contributed by atoms with Crippen molar-refractivity contribution in [2.75, 3.05) is 0 Å². The zero-order valence-corrected chi connectivity index (χ0v) is 7.63. The Morgan fingerprint density at radius 2 is 2.14 bits per heavy atom. The van der Waals surface area contributed by atoms with Crippen LogP contribution in [0.15, 0.2) is 0 Å². The number of carbonyl (C=O) groups is 1. The zero-order valence-electron chi connectivity index (χ0n) is 7.63. The van der Waals surface area contributed by atoms with E-state index in [2.05, 4.69) is 0 Å². The third-order valence-electron chi connectivity index (χ3n) is 2.69. The lowest BCUT2D eigenvalue weighted by Gasteiger charge is -2.26. The summed E-state index contributed by atoms with van der Waals surface area (Å²) in [5.74, 6) is -1.31. The van der Waals surface area contributed by atoms with Crippen molar-refractivity contribution >= 4 is 5.97 Å². The molecule has 0 heterocycles. The molecule has 0 aromatic rings. The van der Waals surface area contributed by atoms with Crippen LogP contribution in [-0.2, 0) is 4.79 Å². The fourth-order valence-corrected chi connectivity index (χ4v) is 1.56. The average molecular weight is 203 g/mol. The fourth-order valence-electron chi connectivity index (χ4n) is 1.56. The van der Waals surface area contributed by atoms with Gasteiger partial charge in [0.15, 0.2) is 0 Å². The monoisotopic (exact) mass is 203 g/mol. The van der Waals surface area contributed by atoms with Crippen LogP contribution in [-0.4, -0.2) is 33.3 Å². The Morgan fingerprint density at radius 3 is 2.43 bits per heavy atom. The molecule has 6 nitrogen and oxygen atoms in total. The Morgan fingerprint density at radius 1 is 1.57 bits per heavy atom. The van der Waals surface area contributed by atoms with Crippen LogP contribution in [0.3, 0.4) is 0 Å². The van der Waals surface area contributed by atoms with E-state index in [4.69, 9.17) is 10.2 Å². The van der Waals surface area contributed by atoms with Crippen molar-refractivity contribution < 1.29 is 19.9 Å². The van der Waals surface area contributed by atoms with Crippen LogP contribution < -0.4 is 0 Å². The third kappa shape index (κ3) is 2.41. The smallest absolute Gasteiger partial charge is 0.339 e. The molecule has 0 aromatic heterocycles. The van der Waals surface area contributed by atoms with Crippen LogP contribution in [0.4, 0.5) is 0 Å². The molecule has 2 unspecified atom stereocenters. The van der Waals surface area contributed by atoms with E-state index >= 15 is 0 Å². The summed E-state index contributed by atoms with van der Waals surface area (Å²) in [6, 6.07) is -1.36. The largest absolute Gasteiger partial charge is 0.479 e. The molecule has 0 saturated heterocycles. The second kappa shape index (κ2) is 4.36. The number of nitrogens with zero attached hydrogens (tertiary/aromatic N) is 1. The van der Waals surface area contributed by atoms with Crippen LogP contribution in [0.1, 0.15) is 25.7 Å². The molecule has 0 spiro atoms. The van der Waals surface area contributed by atoms with E-state index in [1.165, 1.54) is 0 Å². The number of aliphatic hydroxyl groups is 1. The van der Waals surface area contributed by atoms with Gasteiger partial charge in [-0.1, -0.05) is 19.3 Å². The van der Waals surface area contributed by atoms with Gasteiger partial charge in [0.25, 0.3) is 0 Å². The molecule has 0 aliphatic heterocycles. The quantitative estimate of drug-likeness (QED) is 0.493. The summed E-state index contributed by atoms with van der Waals surface area (Å²) >= 11 is 0. The van der Waals surface area contributed by atoms with Gasteiger partial charge < -0.3 is 10.2 Å². The van der Waals surface area contributed by atoms with Gasteiger partial charge in [0.05, 0.1) is 0 Å². The second-order valence-electron chi connectivity index (χ2n) is 3.67. The lowest BCUT2D eigenvalue weighted by molar-refractivity contribution is -0.534. The van der Waals surface area contributed by atoms with E-state index in [0.29, 0.717) is 0 Å². The van der Waals surface area contributed by atoms with Gasteiger partial charge in [0.1, 0.15) is 0 Å². The van der Waals surface area contributed by atoms with Crippen molar-refractivity contribution in [3.8, 4) is 0 Å². The van der Waals surface area contributed by atoms with Gasteiger partial charge in [0.2, 0.25) is 12.1 Å². The summed E-state index contributed by atoms with van der Waals surface area (Å²) in [4.78, 5) is 20.2. The van der Waals surface area contributed by atoms with Crippen molar-refractivity contribution in [1.29, 1.82) is 0 Å². The molecule has 1 saturated carbocycles. The molecule has 1 aliphatic rings. The van der Waals surface area contributed by atoms with E-state index in [-0.39, 0.29) is 12.3 Å². The Labute approximate surface area is 80.7 Å². The summed E-state index contributed by atoms with van der Waals surface area (Å²) in [5, 5.41) is 28.0. The number of hydrogen-bond donors (Lipinski definition) is 2.